The van der Waals surface area contributed by atoms with Crippen LogP contribution in [0.5, 0.6) is 5.75 Å². The molecule has 0 fully saturated rings. The zero-order valence-corrected chi connectivity index (χ0v) is 9.67. The van der Waals surface area contributed by atoms with E-state index in [1.54, 1.807) is 18.4 Å². The number of hydrogen-bond acceptors (Lipinski definition) is 3. The van der Waals surface area contributed by atoms with Gasteiger partial charge in [-0.25, -0.2) is 0 Å². The van der Waals surface area contributed by atoms with Crippen molar-refractivity contribution in [3.63, 3.8) is 0 Å². The molecule has 0 aliphatic rings. The molecule has 1 aromatic heterocycles. The van der Waals surface area contributed by atoms with Crippen molar-refractivity contribution in [1.29, 1.82) is 0 Å². The summed E-state index contributed by atoms with van der Waals surface area (Å²) in [7, 11) is 1.67. The maximum Gasteiger partial charge on any atom is 0.119 e. The minimum Gasteiger partial charge on any atom is -0.497 e. The van der Waals surface area contributed by atoms with Crippen LogP contribution in [0.25, 0.3) is 10.1 Å². The number of methoxy groups -OCH3 is 1. The average molecular weight is 222 g/mol. The molecule has 0 radical (unpaired) electrons. The lowest BCUT2D eigenvalue weighted by atomic mass is 10.0. The third-order valence-corrected chi connectivity index (χ3v) is 3.60. The van der Waals surface area contributed by atoms with Crippen molar-refractivity contribution in [2.45, 2.75) is 12.8 Å². The zero-order chi connectivity index (χ0) is 10.8. The second kappa shape index (κ2) is 4.21. The molecule has 0 amide bonds. The van der Waals surface area contributed by atoms with Crippen molar-refractivity contribution in [2.75, 3.05) is 13.7 Å². The molecule has 0 spiro atoms. The predicted molar refractivity (Wildman–Crippen MR) is 63.9 cm³/mol. The lowest BCUT2D eigenvalue weighted by Crippen LogP contribution is -1.97. The summed E-state index contributed by atoms with van der Waals surface area (Å²) >= 11 is 1.71. The van der Waals surface area contributed by atoms with E-state index in [1.807, 2.05) is 19.1 Å². The Morgan fingerprint density at radius 3 is 2.93 bits per heavy atom. The highest BCUT2D eigenvalue weighted by molar-refractivity contribution is 7.17. The Morgan fingerprint density at radius 1 is 1.47 bits per heavy atom. The first-order valence-corrected chi connectivity index (χ1v) is 5.80. The molecular weight excluding hydrogens is 208 g/mol. The molecule has 0 saturated heterocycles. The highest BCUT2D eigenvalue weighted by atomic mass is 32.1. The first-order chi connectivity index (χ1) is 7.26. The predicted octanol–water partition coefficient (Wildman–Crippen LogP) is 3.01. The van der Waals surface area contributed by atoms with Crippen LogP contribution in [-0.4, -0.2) is 18.8 Å². The van der Waals surface area contributed by atoms with Crippen LogP contribution in [-0.2, 0) is 0 Å². The van der Waals surface area contributed by atoms with Crippen LogP contribution in [0.15, 0.2) is 23.6 Å². The van der Waals surface area contributed by atoms with Gasteiger partial charge in [0, 0.05) is 17.2 Å². The Bertz CT molecular complexity index is 462. The van der Waals surface area contributed by atoms with Crippen molar-refractivity contribution in [3.05, 3.63) is 29.1 Å². The van der Waals surface area contributed by atoms with Crippen molar-refractivity contribution in [1.82, 2.24) is 0 Å². The maximum atomic E-state index is 9.17. The van der Waals surface area contributed by atoms with Gasteiger partial charge in [0.2, 0.25) is 0 Å². The van der Waals surface area contributed by atoms with Crippen LogP contribution in [0.4, 0.5) is 0 Å². The van der Waals surface area contributed by atoms with Gasteiger partial charge in [0.15, 0.2) is 0 Å². The molecule has 2 nitrogen and oxygen atoms in total. The van der Waals surface area contributed by atoms with E-state index >= 15 is 0 Å². The number of aliphatic hydroxyl groups is 1. The summed E-state index contributed by atoms with van der Waals surface area (Å²) in [5.74, 6) is 1.05. The SMILES string of the molecule is COc1ccc2scc(C(C)CO)c2c1. The Morgan fingerprint density at radius 2 is 2.27 bits per heavy atom. The summed E-state index contributed by atoms with van der Waals surface area (Å²) in [6, 6.07) is 6.06. The van der Waals surface area contributed by atoms with E-state index in [4.69, 9.17) is 9.84 Å². The number of rotatable bonds is 3. The molecule has 3 heteroatoms. The molecule has 2 aromatic rings. The number of fused-ring (bicyclic) bond motifs is 1. The third-order valence-electron chi connectivity index (χ3n) is 2.62. The number of hydrogen-bond donors (Lipinski definition) is 1. The van der Waals surface area contributed by atoms with Crippen LogP contribution < -0.4 is 4.74 Å². The summed E-state index contributed by atoms with van der Waals surface area (Å²) in [6.45, 7) is 2.21. The Balaban J connectivity index is 2.56. The lowest BCUT2D eigenvalue weighted by molar-refractivity contribution is 0.274. The molecule has 0 saturated carbocycles. The monoisotopic (exact) mass is 222 g/mol. The van der Waals surface area contributed by atoms with Crippen molar-refractivity contribution in [2.24, 2.45) is 0 Å². The van der Waals surface area contributed by atoms with E-state index in [9.17, 15) is 0 Å². The molecule has 1 N–H and O–H groups in total. The van der Waals surface area contributed by atoms with Gasteiger partial charge in [-0.2, -0.15) is 0 Å². The van der Waals surface area contributed by atoms with Crippen molar-refractivity contribution < 1.29 is 9.84 Å². The van der Waals surface area contributed by atoms with Crippen LogP contribution in [0.2, 0.25) is 0 Å². The van der Waals surface area contributed by atoms with Gasteiger partial charge in [-0.15, -0.1) is 11.3 Å². The minimum absolute atomic E-state index is 0.184. The van der Waals surface area contributed by atoms with Crippen LogP contribution in [0, 0.1) is 0 Å². The van der Waals surface area contributed by atoms with Gasteiger partial charge in [0.25, 0.3) is 0 Å². The summed E-state index contributed by atoms with van der Waals surface area (Å²) < 4.78 is 6.44. The molecule has 80 valence electrons. The highest BCUT2D eigenvalue weighted by Crippen LogP contribution is 2.33. The van der Waals surface area contributed by atoms with E-state index in [2.05, 4.69) is 11.4 Å². The average Bonchev–Trinajstić information content (AvgIpc) is 2.70. The zero-order valence-electron chi connectivity index (χ0n) is 8.86. The molecule has 1 atom stereocenters. The molecule has 1 unspecified atom stereocenters. The van der Waals surface area contributed by atoms with Crippen molar-refractivity contribution in [3.8, 4) is 5.75 Å². The number of benzene rings is 1. The summed E-state index contributed by atoms with van der Waals surface area (Å²) in [4.78, 5) is 0. The molecule has 0 aliphatic carbocycles. The fraction of sp³-hybridized carbons (Fsp3) is 0.333. The molecule has 15 heavy (non-hydrogen) atoms. The van der Waals surface area contributed by atoms with Crippen LogP contribution in [0.3, 0.4) is 0 Å². The molecule has 1 aromatic carbocycles. The fourth-order valence-corrected chi connectivity index (χ4v) is 2.70. The number of aliphatic hydroxyl groups excluding tert-OH is 1. The van der Waals surface area contributed by atoms with Crippen LogP contribution in [0.1, 0.15) is 18.4 Å². The highest BCUT2D eigenvalue weighted by Gasteiger charge is 2.11. The van der Waals surface area contributed by atoms with Gasteiger partial charge in [-0.3, -0.25) is 0 Å². The van der Waals surface area contributed by atoms with Crippen molar-refractivity contribution >= 4 is 21.4 Å². The standard InChI is InChI=1S/C12H14O2S/c1-8(6-13)11-7-15-12-4-3-9(14-2)5-10(11)12/h3-5,7-8,13H,6H2,1-2H3. The smallest absolute Gasteiger partial charge is 0.119 e. The topological polar surface area (TPSA) is 29.5 Å². The number of ether oxygens (including phenoxy) is 1. The van der Waals surface area contributed by atoms with Gasteiger partial charge in [-0.1, -0.05) is 6.92 Å². The molecule has 0 bridgehead atoms. The van der Waals surface area contributed by atoms with E-state index in [0.29, 0.717) is 0 Å². The van der Waals surface area contributed by atoms with Crippen LogP contribution >= 0.6 is 11.3 Å². The lowest BCUT2D eigenvalue weighted by Gasteiger charge is -2.07. The first-order valence-electron chi connectivity index (χ1n) is 4.92. The second-order valence-corrected chi connectivity index (χ2v) is 4.55. The quantitative estimate of drug-likeness (QED) is 0.865. The largest absolute Gasteiger partial charge is 0.497 e. The summed E-state index contributed by atoms with van der Waals surface area (Å²) in [6.07, 6.45) is 0. The van der Waals surface area contributed by atoms with Gasteiger partial charge < -0.3 is 9.84 Å². The molecule has 0 aliphatic heterocycles. The Labute approximate surface area is 93.1 Å². The van der Waals surface area contributed by atoms with E-state index in [-0.39, 0.29) is 12.5 Å². The second-order valence-electron chi connectivity index (χ2n) is 3.64. The summed E-state index contributed by atoms with van der Waals surface area (Å²) in [5.41, 5.74) is 1.20. The Kier molecular flexibility index (Phi) is 2.93. The van der Waals surface area contributed by atoms with E-state index in [0.717, 1.165) is 5.75 Å². The van der Waals surface area contributed by atoms with E-state index in [1.165, 1.54) is 15.6 Å². The minimum atomic E-state index is 0.184. The maximum absolute atomic E-state index is 9.17. The van der Waals surface area contributed by atoms with Gasteiger partial charge in [-0.05, 0) is 34.5 Å². The van der Waals surface area contributed by atoms with Gasteiger partial charge in [0.05, 0.1) is 7.11 Å². The Hall–Kier alpha value is -1.06. The number of thiophene rings is 1. The summed E-state index contributed by atoms with van der Waals surface area (Å²) in [5, 5.41) is 12.5. The third kappa shape index (κ3) is 1.85. The molecule has 2 rings (SSSR count). The fourth-order valence-electron chi connectivity index (χ4n) is 1.63. The molecular formula is C12H14O2S. The molecule has 1 heterocycles. The normalized spacial score (nSPS) is 13.0. The first kappa shape index (κ1) is 10.5. The van der Waals surface area contributed by atoms with Gasteiger partial charge >= 0.3 is 0 Å². The van der Waals surface area contributed by atoms with E-state index < -0.39 is 0 Å². The van der Waals surface area contributed by atoms with Gasteiger partial charge in [0.1, 0.15) is 5.75 Å².